The Hall–Kier alpha value is -2.72. The van der Waals surface area contributed by atoms with Gasteiger partial charge < -0.3 is 30.1 Å². The second-order valence-corrected chi connectivity index (χ2v) is 9.32. The average molecular weight is 503 g/mol. The SMILES string of the molecule is O=C(C[C@H]1CC[C@@H]2[C@H](COC[C@H](O)CN2C(=O)Nc2ccc(Cl)cc2)O1)NCCc1ccncc1. The lowest BCUT2D eigenvalue weighted by Gasteiger charge is -2.44. The molecule has 0 unspecified atom stereocenters. The monoisotopic (exact) mass is 502 g/mol. The first-order chi connectivity index (χ1) is 17.0. The van der Waals surface area contributed by atoms with Gasteiger partial charge in [0, 0.05) is 29.6 Å². The van der Waals surface area contributed by atoms with Gasteiger partial charge in [-0.05, 0) is 61.2 Å². The molecule has 2 saturated heterocycles. The number of carbonyl (C=O) groups excluding carboxylic acids is 2. The molecule has 3 N–H and O–H groups in total. The van der Waals surface area contributed by atoms with Crippen LogP contribution in [0.25, 0.3) is 0 Å². The zero-order valence-corrected chi connectivity index (χ0v) is 20.2. The number of nitrogens with zero attached hydrogens (tertiary/aromatic N) is 2. The second-order valence-electron chi connectivity index (χ2n) is 8.88. The predicted molar refractivity (Wildman–Crippen MR) is 131 cm³/mol. The molecular formula is C25H31ClN4O5. The fourth-order valence-corrected chi connectivity index (χ4v) is 4.60. The van der Waals surface area contributed by atoms with Gasteiger partial charge in [0.05, 0.1) is 44.4 Å². The first kappa shape index (κ1) is 25.4. The molecule has 2 fully saturated rings. The van der Waals surface area contributed by atoms with Gasteiger partial charge in [-0.15, -0.1) is 0 Å². The molecule has 2 aliphatic rings. The molecule has 1 aromatic carbocycles. The number of hydrogen-bond donors (Lipinski definition) is 3. The number of ether oxygens (including phenoxy) is 2. The van der Waals surface area contributed by atoms with E-state index in [0.29, 0.717) is 30.1 Å². The van der Waals surface area contributed by atoms with Crippen molar-refractivity contribution in [3.05, 3.63) is 59.4 Å². The highest BCUT2D eigenvalue weighted by atomic mass is 35.5. The van der Waals surface area contributed by atoms with Gasteiger partial charge in [0.2, 0.25) is 5.91 Å². The van der Waals surface area contributed by atoms with Gasteiger partial charge in [-0.1, -0.05) is 11.6 Å². The number of halogens is 1. The summed E-state index contributed by atoms with van der Waals surface area (Å²) in [5, 5.41) is 16.7. The first-order valence-electron chi connectivity index (χ1n) is 11.9. The summed E-state index contributed by atoms with van der Waals surface area (Å²) in [5.74, 6) is -0.0676. The van der Waals surface area contributed by atoms with Crippen molar-refractivity contribution in [2.24, 2.45) is 0 Å². The fourth-order valence-electron chi connectivity index (χ4n) is 4.48. The highest BCUT2D eigenvalue weighted by molar-refractivity contribution is 6.30. The van der Waals surface area contributed by atoms with E-state index in [1.54, 1.807) is 41.6 Å². The van der Waals surface area contributed by atoms with Crippen LogP contribution < -0.4 is 10.6 Å². The van der Waals surface area contributed by atoms with E-state index in [1.807, 2.05) is 12.1 Å². The fraction of sp³-hybridized carbons (Fsp3) is 0.480. The van der Waals surface area contributed by atoms with Crippen LogP contribution in [0.3, 0.4) is 0 Å². The third kappa shape index (κ3) is 7.38. The van der Waals surface area contributed by atoms with Crippen molar-refractivity contribution < 1.29 is 24.2 Å². The van der Waals surface area contributed by atoms with Gasteiger partial charge in [-0.2, -0.15) is 0 Å². The Balaban J connectivity index is 1.32. The molecular weight excluding hydrogens is 472 g/mol. The van der Waals surface area contributed by atoms with Crippen molar-refractivity contribution in [1.82, 2.24) is 15.2 Å². The molecule has 0 saturated carbocycles. The van der Waals surface area contributed by atoms with E-state index in [0.717, 1.165) is 12.0 Å². The Bertz CT molecular complexity index is 978. The number of benzene rings is 1. The Morgan fingerprint density at radius 1 is 1.11 bits per heavy atom. The lowest BCUT2D eigenvalue weighted by Crippen LogP contribution is -2.58. The maximum atomic E-state index is 13.1. The van der Waals surface area contributed by atoms with Crippen LogP contribution in [0.5, 0.6) is 0 Å². The van der Waals surface area contributed by atoms with Crippen molar-refractivity contribution in [3.8, 4) is 0 Å². The van der Waals surface area contributed by atoms with E-state index in [-0.39, 0.29) is 56.4 Å². The summed E-state index contributed by atoms with van der Waals surface area (Å²) in [6, 6.07) is 10.1. The van der Waals surface area contributed by atoms with Crippen LogP contribution in [0.1, 0.15) is 24.8 Å². The van der Waals surface area contributed by atoms with Crippen LogP contribution in [0.2, 0.25) is 5.02 Å². The van der Waals surface area contributed by atoms with Crippen LogP contribution >= 0.6 is 11.6 Å². The average Bonchev–Trinajstić information content (AvgIpc) is 2.84. The highest BCUT2D eigenvalue weighted by Gasteiger charge is 2.40. The smallest absolute Gasteiger partial charge is 0.322 e. The molecule has 35 heavy (non-hydrogen) atoms. The number of anilines is 1. The molecule has 10 heteroatoms. The van der Waals surface area contributed by atoms with E-state index < -0.39 is 6.10 Å². The zero-order valence-electron chi connectivity index (χ0n) is 19.4. The molecule has 3 heterocycles. The summed E-state index contributed by atoms with van der Waals surface area (Å²) in [6.45, 7) is 1.02. The Labute approximate surface area is 209 Å². The van der Waals surface area contributed by atoms with Crippen LogP contribution in [0, 0.1) is 0 Å². The molecule has 188 valence electrons. The highest BCUT2D eigenvalue weighted by Crippen LogP contribution is 2.28. The van der Waals surface area contributed by atoms with Crippen molar-refractivity contribution in [2.45, 2.75) is 50.0 Å². The van der Waals surface area contributed by atoms with Gasteiger partial charge in [-0.25, -0.2) is 4.79 Å². The number of urea groups is 1. The number of hydrogen-bond acceptors (Lipinski definition) is 6. The molecule has 9 nitrogen and oxygen atoms in total. The van der Waals surface area contributed by atoms with E-state index >= 15 is 0 Å². The predicted octanol–water partition coefficient (Wildman–Crippen LogP) is 2.63. The van der Waals surface area contributed by atoms with E-state index in [1.165, 1.54) is 0 Å². The summed E-state index contributed by atoms with van der Waals surface area (Å²) >= 11 is 5.94. The number of aliphatic hydroxyl groups is 1. The van der Waals surface area contributed by atoms with Gasteiger partial charge in [-0.3, -0.25) is 9.78 Å². The lowest BCUT2D eigenvalue weighted by molar-refractivity contribution is -0.149. The van der Waals surface area contributed by atoms with E-state index in [4.69, 9.17) is 21.1 Å². The molecule has 0 radical (unpaired) electrons. The summed E-state index contributed by atoms with van der Waals surface area (Å²) in [6.07, 6.45) is 4.28. The largest absolute Gasteiger partial charge is 0.389 e. The minimum Gasteiger partial charge on any atom is -0.389 e. The van der Waals surface area contributed by atoms with Crippen molar-refractivity contribution in [2.75, 3.05) is 31.6 Å². The van der Waals surface area contributed by atoms with Crippen molar-refractivity contribution in [1.29, 1.82) is 0 Å². The molecule has 2 aliphatic heterocycles. The minimum absolute atomic E-state index is 0.0676. The van der Waals surface area contributed by atoms with E-state index in [2.05, 4.69) is 15.6 Å². The number of pyridine rings is 1. The standard InChI is InChI=1S/C25H31ClN4O5/c26-18-1-3-19(4-2-18)29-25(33)30-14-20(31)15-34-16-23-22(30)6-5-21(35-23)13-24(32)28-12-9-17-7-10-27-11-8-17/h1-4,7-8,10-11,20-23,31H,5-6,9,12-16H2,(H,28,32)(H,29,33)/t20-,21-,22-,23+/m1/s1. The number of β-amino-alcohol motifs (C(OH)–C–C–N with tert-alkyl or cyclic N) is 1. The topological polar surface area (TPSA) is 113 Å². The summed E-state index contributed by atoms with van der Waals surface area (Å²) < 4.78 is 11.9. The molecule has 0 spiro atoms. The quantitative estimate of drug-likeness (QED) is 0.559. The summed E-state index contributed by atoms with van der Waals surface area (Å²) in [5.41, 5.74) is 1.73. The molecule has 2 aromatic rings. The number of amides is 3. The third-order valence-electron chi connectivity index (χ3n) is 6.24. The van der Waals surface area contributed by atoms with Gasteiger partial charge in [0.25, 0.3) is 0 Å². The number of aromatic nitrogens is 1. The minimum atomic E-state index is -0.796. The molecule has 4 atom stereocenters. The summed E-state index contributed by atoms with van der Waals surface area (Å²) in [4.78, 5) is 31.2. The van der Waals surface area contributed by atoms with Crippen LogP contribution in [-0.2, 0) is 20.7 Å². The number of fused-ring (bicyclic) bond motifs is 1. The maximum absolute atomic E-state index is 13.1. The number of aliphatic hydroxyl groups excluding tert-OH is 1. The first-order valence-corrected chi connectivity index (χ1v) is 12.3. The van der Waals surface area contributed by atoms with Gasteiger partial charge in [0.1, 0.15) is 6.10 Å². The van der Waals surface area contributed by atoms with Crippen molar-refractivity contribution in [3.63, 3.8) is 0 Å². The Morgan fingerprint density at radius 2 is 1.89 bits per heavy atom. The number of rotatable bonds is 6. The molecule has 0 bridgehead atoms. The van der Waals surface area contributed by atoms with Gasteiger partial charge >= 0.3 is 6.03 Å². The number of nitrogens with one attached hydrogen (secondary N) is 2. The Morgan fingerprint density at radius 3 is 2.66 bits per heavy atom. The second kappa shape index (κ2) is 12.3. The van der Waals surface area contributed by atoms with Crippen LogP contribution in [0.4, 0.5) is 10.5 Å². The maximum Gasteiger partial charge on any atom is 0.322 e. The zero-order chi connectivity index (χ0) is 24.6. The van der Waals surface area contributed by atoms with Crippen molar-refractivity contribution >= 4 is 29.2 Å². The normalized spacial score (nSPS) is 24.6. The molecule has 4 rings (SSSR count). The molecule has 1 aromatic heterocycles. The number of carbonyl (C=O) groups is 2. The molecule has 3 amide bonds. The molecule has 0 aliphatic carbocycles. The van der Waals surface area contributed by atoms with Gasteiger partial charge in [0.15, 0.2) is 0 Å². The third-order valence-corrected chi connectivity index (χ3v) is 6.49. The Kier molecular flexibility index (Phi) is 8.92. The van der Waals surface area contributed by atoms with Crippen LogP contribution in [-0.4, -0.2) is 77.6 Å². The lowest BCUT2D eigenvalue weighted by atomic mass is 9.95. The summed E-state index contributed by atoms with van der Waals surface area (Å²) in [7, 11) is 0. The van der Waals surface area contributed by atoms with Crippen LogP contribution in [0.15, 0.2) is 48.8 Å². The van der Waals surface area contributed by atoms with E-state index in [9.17, 15) is 14.7 Å².